The van der Waals surface area contributed by atoms with Crippen molar-refractivity contribution < 1.29 is 19.4 Å². The Kier molecular flexibility index (Phi) is 3.44. The van der Waals surface area contributed by atoms with E-state index in [-0.39, 0.29) is 11.3 Å². The van der Waals surface area contributed by atoms with Gasteiger partial charge in [0.1, 0.15) is 11.6 Å². The van der Waals surface area contributed by atoms with Crippen molar-refractivity contribution in [1.29, 1.82) is 0 Å². The quantitative estimate of drug-likeness (QED) is 0.753. The van der Waals surface area contributed by atoms with E-state index in [1.165, 1.54) is 12.1 Å². The molecule has 0 saturated heterocycles. The van der Waals surface area contributed by atoms with E-state index in [2.05, 4.69) is 0 Å². The average Bonchev–Trinajstić information content (AvgIpc) is 2.16. The minimum absolute atomic E-state index is 0.102. The second-order valence-corrected chi connectivity index (χ2v) is 3.04. The van der Waals surface area contributed by atoms with E-state index in [0.29, 0.717) is 6.08 Å². The summed E-state index contributed by atoms with van der Waals surface area (Å²) in [5.74, 6) is -2.58. The van der Waals surface area contributed by atoms with E-state index < -0.39 is 11.8 Å². The van der Waals surface area contributed by atoms with Crippen molar-refractivity contribution in [2.45, 2.75) is 13.3 Å². The maximum atomic E-state index is 13.2. The van der Waals surface area contributed by atoms with Gasteiger partial charge in [0.25, 0.3) is 0 Å². The molecule has 2 N–H and O–H groups in total. The van der Waals surface area contributed by atoms with Crippen LogP contribution in [0.5, 0.6) is 5.75 Å². The third kappa shape index (κ3) is 2.80. The molecule has 0 amide bonds. The highest BCUT2D eigenvalue weighted by molar-refractivity contribution is 5.88. The summed E-state index contributed by atoms with van der Waals surface area (Å²) in [6, 6.07) is 4.43. The van der Waals surface area contributed by atoms with Crippen LogP contribution in [0, 0.1) is 0 Å². The van der Waals surface area contributed by atoms with E-state index >= 15 is 0 Å². The molecule has 1 aromatic carbocycles. The number of carboxylic acid groups (broad SMARTS) is 1. The summed E-state index contributed by atoms with van der Waals surface area (Å²) in [6.45, 7) is 1.90. The highest BCUT2D eigenvalue weighted by atomic mass is 19.1. The Labute approximate surface area is 86.5 Å². The van der Waals surface area contributed by atoms with Crippen LogP contribution < -0.4 is 0 Å². The topological polar surface area (TPSA) is 57.5 Å². The van der Waals surface area contributed by atoms with Gasteiger partial charge in [-0.2, -0.15) is 0 Å². The predicted octanol–water partition coefficient (Wildman–Crippen LogP) is 2.35. The molecule has 80 valence electrons. The van der Waals surface area contributed by atoms with Gasteiger partial charge in [0.15, 0.2) is 0 Å². The predicted molar refractivity (Wildman–Crippen MR) is 54.2 cm³/mol. The first-order valence-corrected chi connectivity index (χ1v) is 4.47. The molecule has 0 aromatic heterocycles. The van der Waals surface area contributed by atoms with Crippen molar-refractivity contribution in [3.63, 3.8) is 0 Å². The Morgan fingerprint density at radius 2 is 2.20 bits per heavy atom. The van der Waals surface area contributed by atoms with E-state index in [4.69, 9.17) is 5.11 Å². The van der Waals surface area contributed by atoms with Crippen LogP contribution in [0.1, 0.15) is 18.1 Å². The molecule has 0 radical (unpaired) electrons. The number of benzene rings is 1. The second-order valence-electron chi connectivity index (χ2n) is 3.04. The van der Waals surface area contributed by atoms with Gasteiger partial charge in [-0.15, -0.1) is 0 Å². The number of aryl methyl sites for hydroxylation is 1. The number of aromatic hydroxyl groups is 1. The highest BCUT2D eigenvalue weighted by Crippen LogP contribution is 2.27. The lowest BCUT2D eigenvalue weighted by molar-refractivity contribution is -0.131. The average molecular weight is 210 g/mol. The van der Waals surface area contributed by atoms with E-state index in [9.17, 15) is 14.3 Å². The van der Waals surface area contributed by atoms with Crippen LogP contribution in [0.25, 0.3) is 5.83 Å². The maximum Gasteiger partial charge on any atom is 0.331 e. The summed E-state index contributed by atoms with van der Waals surface area (Å²) in [5, 5.41) is 17.8. The maximum absolute atomic E-state index is 13.2. The molecule has 0 bridgehead atoms. The normalized spacial score (nSPS) is 11.5. The van der Waals surface area contributed by atoms with Crippen LogP contribution in [-0.2, 0) is 11.2 Å². The largest absolute Gasteiger partial charge is 0.507 e. The summed E-state index contributed by atoms with van der Waals surface area (Å²) < 4.78 is 13.2. The van der Waals surface area contributed by atoms with Crippen molar-refractivity contribution in [3.8, 4) is 5.75 Å². The first kappa shape index (κ1) is 11.2. The first-order valence-electron chi connectivity index (χ1n) is 4.47. The summed E-state index contributed by atoms with van der Waals surface area (Å²) in [6.07, 6.45) is 1.14. The Hall–Kier alpha value is -1.84. The van der Waals surface area contributed by atoms with Gasteiger partial charge in [-0.3, -0.25) is 0 Å². The molecule has 0 atom stereocenters. The third-order valence-corrected chi connectivity index (χ3v) is 1.98. The van der Waals surface area contributed by atoms with Gasteiger partial charge in [-0.25, -0.2) is 9.18 Å². The standard InChI is InChI=1S/C11H11FO3/c1-2-7-3-4-8(10(13)5-7)9(12)6-11(14)15/h3-6,13H,2H2,1H3,(H,14,15). The minimum atomic E-state index is -1.38. The molecule has 15 heavy (non-hydrogen) atoms. The molecule has 1 rings (SSSR count). The van der Waals surface area contributed by atoms with Crippen molar-refractivity contribution in [2.24, 2.45) is 0 Å². The van der Waals surface area contributed by atoms with Crippen molar-refractivity contribution in [3.05, 3.63) is 35.4 Å². The fourth-order valence-electron chi connectivity index (χ4n) is 1.19. The van der Waals surface area contributed by atoms with Gasteiger partial charge in [-0.1, -0.05) is 13.0 Å². The number of halogens is 1. The molecular weight excluding hydrogens is 199 g/mol. The number of hydrogen-bond donors (Lipinski definition) is 2. The van der Waals surface area contributed by atoms with E-state index in [1.807, 2.05) is 6.92 Å². The molecule has 4 heteroatoms. The number of carbonyl (C=O) groups is 1. The Morgan fingerprint density at radius 1 is 1.53 bits per heavy atom. The summed E-state index contributed by atoms with van der Waals surface area (Å²) in [5.41, 5.74) is 0.758. The van der Waals surface area contributed by atoms with Gasteiger partial charge in [0, 0.05) is 0 Å². The molecule has 0 aliphatic heterocycles. The third-order valence-electron chi connectivity index (χ3n) is 1.98. The molecule has 0 aliphatic rings. The summed E-state index contributed by atoms with van der Waals surface area (Å²) in [4.78, 5) is 10.2. The molecule has 1 aromatic rings. The lowest BCUT2D eigenvalue weighted by Crippen LogP contribution is -1.90. The lowest BCUT2D eigenvalue weighted by Gasteiger charge is -2.03. The van der Waals surface area contributed by atoms with Crippen LogP contribution in [0.2, 0.25) is 0 Å². The van der Waals surface area contributed by atoms with Crippen molar-refractivity contribution >= 4 is 11.8 Å². The summed E-state index contributed by atoms with van der Waals surface area (Å²) >= 11 is 0. The molecule has 0 heterocycles. The number of rotatable bonds is 3. The zero-order valence-electron chi connectivity index (χ0n) is 8.20. The molecule has 0 fully saturated rings. The molecule has 3 nitrogen and oxygen atoms in total. The molecule has 0 spiro atoms. The lowest BCUT2D eigenvalue weighted by atomic mass is 10.1. The van der Waals surface area contributed by atoms with Crippen LogP contribution in [-0.4, -0.2) is 16.2 Å². The highest BCUT2D eigenvalue weighted by Gasteiger charge is 2.08. The Morgan fingerprint density at radius 3 is 2.67 bits per heavy atom. The Bertz CT molecular complexity index is 410. The van der Waals surface area contributed by atoms with Gasteiger partial charge >= 0.3 is 5.97 Å². The zero-order chi connectivity index (χ0) is 11.4. The van der Waals surface area contributed by atoms with Gasteiger partial charge in [0.2, 0.25) is 0 Å². The van der Waals surface area contributed by atoms with Gasteiger partial charge < -0.3 is 10.2 Å². The number of phenolic OH excluding ortho intramolecular Hbond substituents is 1. The molecule has 0 unspecified atom stereocenters. The zero-order valence-corrected chi connectivity index (χ0v) is 8.20. The molecule has 0 aliphatic carbocycles. The number of phenols is 1. The number of aliphatic carboxylic acids is 1. The van der Waals surface area contributed by atoms with E-state index in [0.717, 1.165) is 12.0 Å². The monoisotopic (exact) mass is 210 g/mol. The Balaban J connectivity index is 3.11. The first-order chi connectivity index (χ1) is 7.04. The van der Waals surface area contributed by atoms with Crippen molar-refractivity contribution in [2.75, 3.05) is 0 Å². The minimum Gasteiger partial charge on any atom is -0.507 e. The van der Waals surface area contributed by atoms with Crippen LogP contribution in [0.15, 0.2) is 24.3 Å². The fourth-order valence-corrected chi connectivity index (χ4v) is 1.19. The van der Waals surface area contributed by atoms with Crippen molar-refractivity contribution in [1.82, 2.24) is 0 Å². The number of carboxylic acids is 1. The van der Waals surface area contributed by atoms with Gasteiger partial charge in [0.05, 0.1) is 11.6 Å². The second kappa shape index (κ2) is 4.59. The van der Waals surface area contributed by atoms with Crippen LogP contribution in [0.3, 0.4) is 0 Å². The van der Waals surface area contributed by atoms with Gasteiger partial charge in [-0.05, 0) is 24.1 Å². The molecular formula is C11H11FO3. The van der Waals surface area contributed by atoms with E-state index in [1.54, 1.807) is 6.07 Å². The summed E-state index contributed by atoms with van der Waals surface area (Å²) in [7, 11) is 0. The molecule has 0 saturated carbocycles. The van der Waals surface area contributed by atoms with Crippen LogP contribution in [0.4, 0.5) is 4.39 Å². The number of hydrogen-bond acceptors (Lipinski definition) is 2. The SMILES string of the molecule is CCc1ccc(C(F)=CC(=O)O)c(O)c1. The van der Waals surface area contributed by atoms with Crippen LogP contribution >= 0.6 is 0 Å². The smallest absolute Gasteiger partial charge is 0.331 e. The fraction of sp³-hybridized carbons (Fsp3) is 0.182.